The van der Waals surface area contributed by atoms with Gasteiger partial charge in [-0.3, -0.25) is 4.79 Å². The molecule has 0 aliphatic carbocycles. The number of benzene rings is 1. The van der Waals surface area contributed by atoms with Gasteiger partial charge in [-0.05, 0) is 24.6 Å². The monoisotopic (exact) mass is 318 g/mol. The number of carbonyl (C=O) groups excluding carboxylic acids is 1. The van der Waals surface area contributed by atoms with Crippen LogP contribution in [-0.4, -0.2) is 18.5 Å². The molecule has 0 radical (unpaired) electrons. The molecule has 3 N–H and O–H groups in total. The van der Waals surface area contributed by atoms with Crippen LogP contribution in [0.3, 0.4) is 0 Å². The van der Waals surface area contributed by atoms with E-state index < -0.39 is 0 Å². The smallest absolute Gasteiger partial charge is 0.224 e. The highest BCUT2D eigenvalue weighted by atomic mass is 35.5. The third-order valence-corrected chi connectivity index (χ3v) is 3.78. The van der Waals surface area contributed by atoms with Crippen molar-refractivity contribution in [3.8, 4) is 0 Å². The first-order valence-electron chi connectivity index (χ1n) is 6.53. The summed E-state index contributed by atoms with van der Waals surface area (Å²) in [5.41, 5.74) is 6.73. The van der Waals surface area contributed by atoms with Crippen molar-refractivity contribution in [2.24, 2.45) is 11.7 Å². The van der Waals surface area contributed by atoms with E-state index >= 15 is 0 Å². The Morgan fingerprint density at radius 3 is 2.25 bits per heavy atom. The fourth-order valence-corrected chi connectivity index (χ4v) is 1.84. The lowest BCUT2D eigenvalue weighted by Crippen LogP contribution is -2.43. The summed E-state index contributed by atoms with van der Waals surface area (Å²) >= 11 is 5.88. The third kappa shape index (κ3) is 5.31. The summed E-state index contributed by atoms with van der Waals surface area (Å²) in [6.45, 7) is 8.44. The Balaban J connectivity index is 0.00000361. The van der Waals surface area contributed by atoms with Crippen LogP contribution in [0, 0.1) is 5.92 Å². The summed E-state index contributed by atoms with van der Waals surface area (Å²) in [7, 11) is 0. The Morgan fingerprint density at radius 2 is 1.80 bits per heavy atom. The van der Waals surface area contributed by atoms with Gasteiger partial charge >= 0.3 is 0 Å². The molecule has 1 aromatic rings. The Bertz CT molecular complexity index is 430. The average Bonchev–Trinajstić information content (AvgIpc) is 2.35. The van der Waals surface area contributed by atoms with Gasteiger partial charge in [-0.2, -0.15) is 0 Å². The predicted octanol–water partition coefficient (Wildman–Crippen LogP) is 3.14. The summed E-state index contributed by atoms with van der Waals surface area (Å²) in [5.74, 6) is -0.182. The largest absolute Gasteiger partial charge is 0.355 e. The van der Waals surface area contributed by atoms with Crippen molar-refractivity contribution in [1.29, 1.82) is 0 Å². The molecule has 1 amide bonds. The molecule has 5 heteroatoms. The van der Waals surface area contributed by atoms with E-state index in [0.717, 1.165) is 5.56 Å². The molecule has 0 bridgehead atoms. The number of amides is 1. The van der Waals surface area contributed by atoms with Crippen LogP contribution in [0.1, 0.15) is 33.3 Å². The zero-order valence-corrected chi connectivity index (χ0v) is 14.0. The SMILES string of the molecule is CC(N)C(C)C(=O)NCC(C)(C)c1ccc(Cl)cc1.Cl. The average molecular weight is 319 g/mol. The number of nitrogens with two attached hydrogens (primary N) is 1. The van der Waals surface area contributed by atoms with Gasteiger partial charge in [0.1, 0.15) is 0 Å². The summed E-state index contributed by atoms with van der Waals surface area (Å²) in [5, 5.41) is 3.68. The molecule has 0 aromatic heterocycles. The van der Waals surface area contributed by atoms with Gasteiger partial charge in [-0.15, -0.1) is 12.4 Å². The lowest BCUT2D eigenvalue weighted by molar-refractivity contribution is -0.125. The molecule has 0 spiro atoms. The van der Waals surface area contributed by atoms with E-state index in [9.17, 15) is 4.79 Å². The van der Waals surface area contributed by atoms with Crippen molar-refractivity contribution in [3.63, 3.8) is 0 Å². The Hall–Kier alpha value is -0.770. The highest BCUT2D eigenvalue weighted by Gasteiger charge is 2.23. The number of hydrogen-bond donors (Lipinski definition) is 2. The molecular formula is C15H24Cl2N2O. The van der Waals surface area contributed by atoms with E-state index in [-0.39, 0.29) is 35.7 Å². The van der Waals surface area contributed by atoms with Crippen molar-refractivity contribution >= 4 is 29.9 Å². The van der Waals surface area contributed by atoms with Gasteiger partial charge in [0.25, 0.3) is 0 Å². The van der Waals surface area contributed by atoms with E-state index in [0.29, 0.717) is 11.6 Å². The lowest BCUT2D eigenvalue weighted by Gasteiger charge is -2.27. The van der Waals surface area contributed by atoms with E-state index in [1.165, 1.54) is 0 Å². The topological polar surface area (TPSA) is 55.1 Å². The van der Waals surface area contributed by atoms with Crippen LogP contribution >= 0.6 is 24.0 Å². The molecule has 3 nitrogen and oxygen atoms in total. The standard InChI is InChI=1S/C15H23ClN2O.ClH/c1-10(11(2)17)14(19)18-9-15(3,4)12-5-7-13(16)8-6-12;/h5-8,10-11H,9,17H2,1-4H3,(H,18,19);1H. The number of rotatable bonds is 5. The molecule has 1 aromatic carbocycles. The Kier molecular flexibility index (Phi) is 7.56. The van der Waals surface area contributed by atoms with Gasteiger partial charge in [0.15, 0.2) is 0 Å². The second kappa shape index (κ2) is 7.87. The van der Waals surface area contributed by atoms with E-state index in [1.54, 1.807) is 0 Å². The maximum absolute atomic E-state index is 11.9. The molecular weight excluding hydrogens is 295 g/mol. The van der Waals surface area contributed by atoms with Crippen LogP contribution in [0.2, 0.25) is 5.02 Å². The van der Waals surface area contributed by atoms with Crippen molar-refractivity contribution < 1.29 is 4.79 Å². The van der Waals surface area contributed by atoms with Crippen LogP contribution in [0.4, 0.5) is 0 Å². The fourth-order valence-electron chi connectivity index (χ4n) is 1.71. The molecule has 2 unspecified atom stereocenters. The predicted molar refractivity (Wildman–Crippen MR) is 87.5 cm³/mol. The maximum atomic E-state index is 11.9. The van der Waals surface area contributed by atoms with Crippen LogP contribution in [0.5, 0.6) is 0 Å². The van der Waals surface area contributed by atoms with E-state index in [2.05, 4.69) is 19.2 Å². The summed E-state index contributed by atoms with van der Waals surface area (Å²) in [6.07, 6.45) is 0. The second-order valence-corrected chi connectivity index (χ2v) is 6.19. The van der Waals surface area contributed by atoms with Crippen LogP contribution in [0.25, 0.3) is 0 Å². The maximum Gasteiger partial charge on any atom is 0.224 e. The van der Waals surface area contributed by atoms with Gasteiger partial charge < -0.3 is 11.1 Å². The quantitative estimate of drug-likeness (QED) is 0.876. The van der Waals surface area contributed by atoms with Gasteiger partial charge in [0.2, 0.25) is 5.91 Å². The summed E-state index contributed by atoms with van der Waals surface area (Å²) in [6, 6.07) is 7.57. The molecule has 1 rings (SSSR count). The van der Waals surface area contributed by atoms with Crippen molar-refractivity contribution in [2.75, 3.05) is 6.54 Å². The first kappa shape index (κ1) is 19.2. The minimum absolute atomic E-state index is 0. The Labute approximate surface area is 132 Å². The van der Waals surface area contributed by atoms with Crippen molar-refractivity contribution in [1.82, 2.24) is 5.32 Å². The van der Waals surface area contributed by atoms with Crippen molar-refractivity contribution in [3.05, 3.63) is 34.9 Å². The van der Waals surface area contributed by atoms with Crippen LogP contribution in [-0.2, 0) is 10.2 Å². The number of halogens is 2. The molecule has 2 atom stereocenters. The second-order valence-electron chi connectivity index (χ2n) is 5.76. The van der Waals surface area contributed by atoms with Gasteiger partial charge in [-0.1, -0.05) is 44.5 Å². The zero-order chi connectivity index (χ0) is 14.6. The molecule has 0 aliphatic rings. The van der Waals surface area contributed by atoms with Gasteiger partial charge in [0, 0.05) is 28.9 Å². The van der Waals surface area contributed by atoms with Gasteiger partial charge in [-0.25, -0.2) is 0 Å². The molecule has 114 valence electrons. The Morgan fingerprint density at radius 1 is 1.30 bits per heavy atom. The van der Waals surface area contributed by atoms with Crippen LogP contribution < -0.4 is 11.1 Å². The van der Waals surface area contributed by atoms with E-state index in [4.69, 9.17) is 17.3 Å². The molecule has 0 aliphatic heterocycles. The van der Waals surface area contributed by atoms with Gasteiger partial charge in [0.05, 0.1) is 0 Å². The zero-order valence-electron chi connectivity index (χ0n) is 12.4. The molecule has 20 heavy (non-hydrogen) atoms. The lowest BCUT2D eigenvalue weighted by atomic mass is 9.84. The van der Waals surface area contributed by atoms with Crippen LogP contribution in [0.15, 0.2) is 24.3 Å². The fraction of sp³-hybridized carbons (Fsp3) is 0.533. The summed E-state index contributed by atoms with van der Waals surface area (Å²) < 4.78 is 0. The molecule has 0 heterocycles. The number of hydrogen-bond acceptors (Lipinski definition) is 2. The minimum Gasteiger partial charge on any atom is -0.355 e. The third-order valence-electron chi connectivity index (χ3n) is 3.53. The summed E-state index contributed by atoms with van der Waals surface area (Å²) in [4.78, 5) is 11.9. The number of nitrogens with one attached hydrogen (secondary N) is 1. The number of carbonyl (C=O) groups is 1. The highest BCUT2D eigenvalue weighted by Crippen LogP contribution is 2.24. The van der Waals surface area contributed by atoms with E-state index in [1.807, 2.05) is 38.1 Å². The molecule has 0 saturated heterocycles. The molecule has 0 fully saturated rings. The first-order valence-corrected chi connectivity index (χ1v) is 6.91. The van der Waals surface area contributed by atoms with Crippen molar-refractivity contribution in [2.45, 2.75) is 39.2 Å². The first-order chi connectivity index (χ1) is 8.74. The minimum atomic E-state index is -0.180. The molecule has 0 saturated carbocycles. The highest BCUT2D eigenvalue weighted by molar-refractivity contribution is 6.30. The normalized spacial score (nSPS) is 14.1.